The van der Waals surface area contributed by atoms with Gasteiger partial charge in [0.15, 0.2) is 0 Å². The first kappa shape index (κ1) is 16.5. The maximum atomic E-state index is 12.1. The molecule has 0 aliphatic heterocycles. The Hall–Kier alpha value is -1.55. The maximum absolute atomic E-state index is 12.1. The van der Waals surface area contributed by atoms with Crippen LogP contribution in [-0.2, 0) is 4.74 Å². The fourth-order valence-corrected chi connectivity index (χ4v) is 1.94. The van der Waals surface area contributed by atoms with E-state index in [-0.39, 0.29) is 0 Å². The van der Waals surface area contributed by atoms with Gasteiger partial charge < -0.3 is 4.74 Å². The standard InChI is InChI=1S/C13H15ClN2O2.C2H6/c1-8-5-9-6-11(14)15-7-10(9)16(8)12(17)18-13(2,3)4;1-2/h5-7H,1-4H3;1-2H3. The van der Waals surface area contributed by atoms with Crippen LogP contribution in [0.2, 0.25) is 5.15 Å². The van der Waals surface area contributed by atoms with Gasteiger partial charge >= 0.3 is 6.09 Å². The van der Waals surface area contributed by atoms with Gasteiger partial charge in [-0.3, -0.25) is 0 Å². The van der Waals surface area contributed by atoms with Gasteiger partial charge in [0, 0.05) is 11.1 Å². The zero-order valence-electron chi connectivity index (χ0n) is 12.8. The Bertz CT molecular complexity index is 612. The van der Waals surface area contributed by atoms with Gasteiger partial charge in [0.1, 0.15) is 10.8 Å². The van der Waals surface area contributed by atoms with Crippen LogP contribution in [0.1, 0.15) is 40.3 Å². The second-order valence-corrected chi connectivity index (χ2v) is 5.55. The Kier molecular flexibility index (Phi) is 5.17. The van der Waals surface area contributed by atoms with Crippen LogP contribution in [0, 0.1) is 6.92 Å². The number of halogens is 1. The van der Waals surface area contributed by atoms with Crippen molar-refractivity contribution in [2.75, 3.05) is 0 Å². The van der Waals surface area contributed by atoms with Crippen LogP contribution < -0.4 is 0 Å². The van der Waals surface area contributed by atoms with Crippen molar-refractivity contribution < 1.29 is 9.53 Å². The molecule has 2 rings (SSSR count). The van der Waals surface area contributed by atoms with Crippen molar-refractivity contribution in [1.82, 2.24) is 9.55 Å². The first-order valence-electron chi connectivity index (χ1n) is 6.65. The lowest BCUT2D eigenvalue weighted by atomic mass is 10.2. The van der Waals surface area contributed by atoms with Crippen molar-refractivity contribution in [3.8, 4) is 0 Å². The van der Waals surface area contributed by atoms with Crippen molar-refractivity contribution in [3.63, 3.8) is 0 Å². The molecule has 0 aromatic carbocycles. The summed E-state index contributed by atoms with van der Waals surface area (Å²) >= 11 is 5.83. The van der Waals surface area contributed by atoms with Crippen LogP contribution in [-0.4, -0.2) is 21.2 Å². The monoisotopic (exact) mass is 296 g/mol. The van der Waals surface area contributed by atoms with E-state index in [9.17, 15) is 4.79 Å². The number of hydrogen-bond donors (Lipinski definition) is 0. The minimum atomic E-state index is -0.528. The summed E-state index contributed by atoms with van der Waals surface area (Å²) in [5, 5.41) is 1.28. The SMILES string of the molecule is CC.Cc1cc2cc(Cl)ncc2n1C(=O)OC(C)(C)C. The fraction of sp³-hybridized carbons (Fsp3) is 0.467. The average Bonchev–Trinajstić information content (AvgIpc) is 2.64. The van der Waals surface area contributed by atoms with Gasteiger partial charge in [-0.1, -0.05) is 25.4 Å². The molecule has 5 heteroatoms. The van der Waals surface area contributed by atoms with Crippen molar-refractivity contribution in [1.29, 1.82) is 0 Å². The molecular formula is C15H21ClN2O2. The number of nitrogens with zero attached hydrogens (tertiary/aromatic N) is 2. The van der Waals surface area contributed by atoms with E-state index < -0.39 is 11.7 Å². The second-order valence-electron chi connectivity index (χ2n) is 5.17. The highest BCUT2D eigenvalue weighted by Crippen LogP contribution is 2.22. The number of rotatable bonds is 0. The van der Waals surface area contributed by atoms with Crippen LogP contribution in [0.15, 0.2) is 18.3 Å². The summed E-state index contributed by atoms with van der Waals surface area (Å²) in [5.41, 5.74) is 0.967. The van der Waals surface area contributed by atoms with E-state index in [0.717, 1.165) is 11.1 Å². The van der Waals surface area contributed by atoms with Gasteiger partial charge in [-0.2, -0.15) is 0 Å². The van der Waals surface area contributed by atoms with E-state index in [0.29, 0.717) is 10.7 Å². The predicted molar refractivity (Wildman–Crippen MR) is 82.5 cm³/mol. The van der Waals surface area contributed by atoms with E-state index in [1.165, 1.54) is 4.57 Å². The van der Waals surface area contributed by atoms with Crippen molar-refractivity contribution >= 4 is 28.6 Å². The number of aromatic nitrogens is 2. The lowest BCUT2D eigenvalue weighted by Gasteiger charge is -2.20. The minimum absolute atomic E-state index is 0.404. The maximum Gasteiger partial charge on any atom is 0.419 e. The Balaban J connectivity index is 0.000000956. The van der Waals surface area contributed by atoms with Crippen LogP contribution in [0.3, 0.4) is 0 Å². The first-order valence-corrected chi connectivity index (χ1v) is 7.03. The minimum Gasteiger partial charge on any atom is -0.443 e. The van der Waals surface area contributed by atoms with Crippen LogP contribution >= 0.6 is 11.6 Å². The van der Waals surface area contributed by atoms with E-state index in [2.05, 4.69) is 4.98 Å². The molecule has 0 saturated carbocycles. The van der Waals surface area contributed by atoms with Gasteiger partial charge in [-0.15, -0.1) is 0 Å². The summed E-state index contributed by atoms with van der Waals surface area (Å²) < 4.78 is 6.87. The smallest absolute Gasteiger partial charge is 0.419 e. The predicted octanol–water partition coefficient (Wildman–Crippen LogP) is 4.81. The molecule has 0 fully saturated rings. The van der Waals surface area contributed by atoms with Crippen molar-refractivity contribution in [2.45, 2.75) is 47.1 Å². The topological polar surface area (TPSA) is 44.1 Å². The summed E-state index contributed by atoms with van der Waals surface area (Å²) in [5.74, 6) is 0. The first-order chi connectivity index (χ1) is 9.28. The molecule has 0 aliphatic rings. The quantitative estimate of drug-likeness (QED) is 0.655. The van der Waals surface area contributed by atoms with E-state index in [1.807, 2.05) is 47.6 Å². The number of fused-ring (bicyclic) bond motifs is 1. The Morgan fingerprint density at radius 1 is 1.30 bits per heavy atom. The molecule has 2 aromatic rings. The summed E-state index contributed by atoms with van der Waals surface area (Å²) in [6.45, 7) is 11.3. The zero-order valence-corrected chi connectivity index (χ0v) is 13.6. The Labute approximate surface area is 124 Å². The van der Waals surface area contributed by atoms with Crippen LogP contribution in [0.25, 0.3) is 10.9 Å². The molecule has 0 bridgehead atoms. The van der Waals surface area contributed by atoms with Crippen molar-refractivity contribution in [3.05, 3.63) is 29.2 Å². The number of pyridine rings is 1. The number of aryl methyl sites for hydroxylation is 1. The van der Waals surface area contributed by atoms with E-state index in [4.69, 9.17) is 16.3 Å². The molecule has 0 atom stereocenters. The zero-order chi connectivity index (χ0) is 15.5. The summed E-state index contributed by atoms with van der Waals surface area (Å²) in [7, 11) is 0. The third-order valence-electron chi connectivity index (χ3n) is 2.41. The molecule has 0 spiro atoms. The van der Waals surface area contributed by atoms with Gasteiger partial charge in [0.25, 0.3) is 0 Å². The number of ether oxygens (including phenoxy) is 1. The van der Waals surface area contributed by atoms with Gasteiger partial charge in [0.05, 0.1) is 11.7 Å². The fourth-order valence-electron chi connectivity index (χ4n) is 1.77. The molecule has 2 heterocycles. The molecule has 0 unspecified atom stereocenters. The molecule has 0 N–H and O–H groups in total. The molecule has 0 amide bonds. The molecule has 2 aromatic heterocycles. The highest BCUT2D eigenvalue weighted by Gasteiger charge is 2.20. The Morgan fingerprint density at radius 2 is 1.90 bits per heavy atom. The highest BCUT2D eigenvalue weighted by molar-refractivity contribution is 6.30. The van der Waals surface area contributed by atoms with Crippen molar-refractivity contribution in [2.24, 2.45) is 0 Å². The molecule has 0 radical (unpaired) electrons. The van der Waals surface area contributed by atoms with Gasteiger partial charge in [-0.05, 0) is 39.8 Å². The summed E-state index contributed by atoms with van der Waals surface area (Å²) in [4.78, 5) is 16.1. The third kappa shape index (κ3) is 3.73. The molecule has 0 aliphatic carbocycles. The van der Waals surface area contributed by atoms with Gasteiger partial charge in [-0.25, -0.2) is 14.3 Å². The van der Waals surface area contributed by atoms with Gasteiger partial charge in [0.2, 0.25) is 0 Å². The van der Waals surface area contributed by atoms with E-state index >= 15 is 0 Å². The Morgan fingerprint density at radius 3 is 2.45 bits per heavy atom. The molecule has 4 nitrogen and oxygen atoms in total. The summed E-state index contributed by atoms with van der Waals surface area (Å²) in [6, 6.07) is 3.61. The van der Waals surface area contributed by atoms with Crippen LogP contribution in [0.4, 0.5) is 4.79 Å². The number of carbonyl (C=O) groups excluding carboxylic acids is 1. The third-order valence-corrected chi connectivity index (χ3v) is 2.62. The normalized spacial score (nSPS) is 10.9. The molecular weight excluding hydrogens is 276 g/mol. The lowest BCUT2D eigenvalue weighted by Crippen LogP contribution is -2.27. The van der Waals surface area contributed by atoms with E-state index in [1.54, 1.807) is 12.3 Å². The average molecular weight is 297 g/mol. The second kappa shape index (κ2) is 6.27. The molecule has 20 heavy (non-hydrogen) atoms. The van der Waals surface area contributed by atoms with Crippen LogP contribution in [0.5, 0.6) is 0 Å². The number of hydrogen-bond acceptors (Lipinski definition) is 3. The summed E-state index contributed by atoms with van der Waals surface area (Å²) in [6.07, 6.45) is 1.17. The largest absolute Gasteiger partial charge is 0.443 e. The highest BCUT2D eigenvalue weighted by atomic mass is 35.5. The number of carbonyl (C=O) groups is 1. The molecule has 0 saturated heterocycles. The lowest BCUT2D eigenvalue weighted by molar-refractivity contribution is 0.0541. The molecule has 110 valence electrons.